The van der Waals surface area contributed by atoms with Gasteiger partial charge in [0.05, 0.1) is 6.04 Å². The molecule has 2 rings (SSSR count). The first kappa shape index (κ1) is 10.7. The van der Waals surface area contributed by atoms with Crippen LogP contribution in [0, 0.1) is 0 Å². The molecule has 0 aromatic heterocycles. The van der Waals surface area contributed by atoms with E-state index in [9.17, 15) is 4.57 Å². The zero-order valence-electron chi connectivity index (χ0n) is 9.28. The molecule has 0 fully saturated rings. The number of ether oxygens (including phenoxy) is 1. The van der Waals surface area contributed by atoms with Crippen molar-refractivity contribution in [2.24, 2.45) is 0 Å². The Morgan fingerprint density at radius 2 is 2.20 bits per heavy atom. The number of hydrogen-bond donors (Lipinski definition) is 1. The van der Waals surface area contributed by atoms with Gasteiger partial charge in [-0.25, -0.2) is 0 Å². The maximum Gasteiger partial charge on any atom is 0.125 e. The van der Waals surface area contributed by atoms with Crippen molar-refractivity contribution in [2.75, 3.05) is 27.0 Å². The topological polar surface area (TPSA) is 38.3 Å². The normalized spacial score (nSPS) is 19.8. The molecule has 0 aliphatic carbocycles. The molecule has 1 aliphatic rings. The van der Waals surface area contributed by atoms with Gasteiger partial charge in [-0.3, -0.25) is 0 Å². The van der Waals surface area contributed by atoms with Crippen LogP contribution >= 0.6 is 7.14 Å². The van der Waals surface area contributed by atoms with Crippen molar-refractivity contribution in [3.8, 4) is 5.75 Å². The highest BCUT2D eigenvalue weighted by Crippen LogP contribution is 2.39. The molecule has 82 valence electrons. The third-order valence-electron chi connectivity index (χ3n) is 2.75. The molecule has 0 amide bonds. The van der Waals surface area contributed by atoms with Gasteiger partial charge in [-0.1, -0.05) is 12.1 Å². The van der Waals surface area contributed by atoms with Gasteiger partial charge in [-0.05, 0) is 26.4 Å². The fraction of sp³-hybridized carbons (Fsp3) is 0.455. The molecule has 0 spiro atoms. The van der Waals surface area contributed by atoms with E-state index < -0.39 is 7.14 Å². The van der Waals surface area contributed by atoms with Crippen LogP contribution in [-0.4, -0.2) is 27.0 Å². The van der Waals surface area contributed by atoms with Gasteiger partial charge in [-0.2, -0.15) is 0 Å². The lowest BCUT2D eigenvalue weighted by atomic mass is 10.1. The van der Waals surface area contributed by atoms with Crippen molar-refractivity contribution in [2.45, 2.75) is 6.04 Å². The maximum atomic E-state index is 11.9. The summed E-state index contributed by atoms with van der Waals surface area (Å²) in [6, 6.07) is 6.13. The van der Waals surface area contributed by atoms with E-state index in [1.807, 2.05) is 25.2 Å². The molecule has 15 heavy (non-hydrogen) atoms. The van der Waals surface area contributed by atoms with Gasteiger partial charge in [-0.15, -0.1) is 0 Å². The first-order valence-electron chi connectivity index (χ1n) is 5.02. The van der Waals surface area contributed by atoms with Crippen molar-refractivity contribution in [3.63, 3.8) is 0 Å². The lowest BCUT2D eigenvalue weighted by Gasteiger charge is -2.09. The minimum Gasteiger partial charge on any atom is -0.491 e. The predicted molar refractivity (Wildman–Crippen MR) is 62.8 cm³/mol. The van der Waals surface area contributed by atoms with E-state index in [0.717, 1.165) is 16.6 Å². The lowest BCUT2D eigenvalue weighted by Crippen LogP contribution is -2.17. The van der Waals surface area contributed by atoms with Gasteiger partial charge in [0.2, 0.25) is 0 Å². The number of fused-ring (bicyclic) bond motifs is 1. The van der Waals surface area contributed by atoms with Crippen molar-refractivity contribution in [3.05, 3.63) is 23.8 Å². The molecule has 1 atom stereocenters. The van der Waals surface area contributed by atoms with Crippen LogP contribution in [0.15, 0.2) is 18.2 Å². The molecule has 1 N–H and O–H groups in total. The van der Waals surface area contributed by atoms with E-state index in [2.05, 4.69) is 5.32 Å². The third kappa shape index (κ3) is 1.95. The van der Waals surface area contributed by atoms with Crippen LogP contribution in [0.3, 0.4) is 0 Å². The number of likely N-dealkylation sites (N-methyl/N-ethyl adjacent to an activating group) is 1. The molecule has 0 radical (unpaired) electrons. The molecule has 3 nitrogen and oxygen atoms in total. The second-order valence-corrected chi connectivity index (χ2v) is 7.44. The highest BCUT2D eigenvalue weighted by Gasteiger charge is 2.24. The average Bonchev–Trinajstić information content (AvgIpc) is 2.58. The molecule has 0 saturated heterocycles. The van der Waals surface area contributed by atoms with Crippen LogP contribution in [0.1, 0.15) is 11.6 Å². The van der Waals surface area contributed by atoms with Crippen molar-refractivity contribution < 1.29 is 9.30 Å². The van der Waals surface area contributed by atoms with Crippen LogP contribution in [0.2, 0.25) is 0 Å². The summed E-state index contributed by atoms with van der Waals surface area (Å²) in [5, 5.41) is 4.07. The van der Waals surface area contributed by atoms with Crippen LogP contribution in [0.4, 0.5) is 0 Å². The standard InChI is InChI=1S/C11H16NO2P/c1-12-10-7-14-11-6-8(15(2,3)13)4-5-9(10)11/h4-6,10,12H,7H2,1-3H3/t10-/m1/s1. The molecule has 0 saturated carbocycles. The zero-order chi connectivity index (χ0) is 11.1. The summed E-state index contributed by atoms with van der Waals surface area (Å²) < 4.78 is 17.5. The zero-order valence-corrected chi connectivity index (χ0v) is 10.2. The Balaban J connectivity index is 2.42. The van der Waals surface area contributed by atoms with Gasteiger partial charge < -0.3 is 14.6 Å². The van der Waals surface area contributed by atoms with Gasteiger partial charge in [0.15, 0.2) is 0 Å². The monoisotopic (exact) mass is 225 g/mol. The molecular weight excluding hydrogens is 209 g/mol. The Kier molecular flexibility index (Phi) is 2.61. The minimum absolute atomic E-state index is 0.266. The van der Waals surface area contributed by atoms with E-state index in [-0.39, 0.29) is 6.04 Å². The molecule has 1 heterocycles. The van der Waals surface area contributed by atoms with E-state index in [1.165, 1.54) is 0 Å². The van der Waals surface area contributed by atoms with Crippen LogP contribution in [-0.2, 0) is 4.57 Å². The number of rotatable bonds is 2. The molecule has 1 aliphatic heterocycles. The van der Waals surface area contributed by atoms with Crippen LogP contribution < -0.4 is 15.4 Å². The van der Waals surface area contributed by atoms with Gasteiger partial charge >= 0.3 is 0 Å². The quantitative estimate of drug-likeness (QED) is 0.777. The number of hydrogen-bond acceptors (Lipinski definition) is 3. The summed E-state index contributed by atoms with van der Waals surface area (Å²) in [6.45, 7) is 4.21. The highest BCUT2D eigenvalue weighted by molar-refractivity contribution is 7.70. The highest BCUT2D eigenvalue weighted by atomic mass is 31.2. The first-order chi connectivity index (χ1) is 7.02. The van der Waals surface area contributed by atoms with E-state index >= 15 is 0 Å². The van der Waals surface area contributed by atoms with Crippen molar-refractivity contribution >= 4 is 12.4 Å². The lowest BCUT2D eigenvalue weighted by molar-refractivity contribution is 0.318. The maximum absolute atomic E-state index is 11.9. The number of nitrogens with one attached hydrogen (secondary N) is 1. The van der Waals surface area contributed by atoms with Gasteiger partial charge in [0.1, 0.15) is 19.5 Å². The Hall–Kier alpha value is -0.790. The Morgan fingerprint density at radius 1 is 1.47 bits per heavy atom. The SMILES string of the molecule is CN[C@@H]1COc2cc(P(C)(C)=O)ccc21. The summed E-state index contributed by atoms with van der Waals surface area (Å²) in [5.41, 5.74) is 1.16. The van der Waals surface area contributed by atoms with Crippen molar-refractivity contribution in [1.29, 1.82) is 0 Å². The Labute approximate surface area is 90.2 Å². The van der Waals surface area contributed by atoms with E-state index in [1.54, 1.807) is 13.3 Å². The molecule has 0 bridgehead atoms. The minimum atomic E-state index is -2.18. The average molecular weight is 225 g/mol. The second kappa shape index (κ2) is 3.66. The Morgan fingerprint density at radius 3 is 2.80 bits per heavy atom. The van der Waals surface area contributed by atoms with Gasteiger partial charge in [0, 0.05) is 10.9 Å². The molecule has 1 aromatic rings. The smallest absolute Gasteiger partial charge is 0.125 e. The predicted octanol–water partition coefficient (Wildman–Crippen LogP) is 1.59. The fourth-order valence-electron chi connectivity index (χ4n) is 1.77. The summed E-state index contributed by atoms with van der Waals surface area (Å²) in [6.07, 6.45) is 0. The first-order valence-corrected chi connectivity index (χ1v) is 7.62. The van der Waals surface area contributed by atoms with Crippen LogP contribution in [0.25, 0.3) is 0 Å². The largest absolute Gasteiger partial charge is 0.491 e. The summed E-state index contributed by atoms with van der Waals surface area (Å²) >= 11 is 0. The van der Waals surface area contributed by atoms with Crippen LogP contribution in [0.5, 0.6) is 5.75 Å². The molecule has 4 heteroatoms. The molecule has 0 unspecified atom stereocenters. The van der Waals surface area contributed by atoms with E-state index in [0.29, 0.717) is 6.61 Å². The summed E-state index contributed by atoms with van der Waals surface area (Å²) in [4.78, 5) is 0. The summed E-state index contributed by atoms with van der Waals surface area (Å²) in [7, 11) is -0.261. The second-order valence-electron chi connectivity index (χ2n) is 4.23. The third-order valence-corrected chi connectivity index (χ3v) is 4.27. The van der Waals surface area contributed by atoms with Crippen molar-refractivity contribution in [1.82, 2.24) is 5.32 Å². The summed E-state index contributed by atoms with van der Waals surface area (Å²) in [5.74, 6) is 0.871. The molecule has 1 aromatic carbocycles. The Bertz CT molecular complexity index is 425. The fourth-order valence-corrected chi connectivity index (χ4v) is 2.63. The molecular formula is C11H16NO2P. The van der Waals surface area contributed by atoms with Gasteiger partial charge in [0.25, 0.3) is 0 Å². The number of benzene rings is 1. The van der Waals surface area contributed by atoms with E-state index in [4.69, 9.17) is 4.74 Å².